The Morgan fingerprint density at radius 3 is 2.65 bits per heavy atom. The summed E-state index contributed by atoms with van der Waals surface area (Å²) in [6.07, 6.45) is 2.24. The van der Waals surface area contributed by atoms with Crippen LogP contribution in [0.1, 0.15) is 51.5 Å². The summed E-state index contributed by atoms with van der Waals surface area (Å²) in [5, 5.41) is 19.3. The number of carbonyl (C=O) groups is 1. The van der Waals surface area contributed by atoms with E-state index in [2.05, 4.69) is 35.9 Å². The quantitative estimate of drug-likeness (QED) is 0.424. The van der Waals surface area contributed by atoms with Gasteiger partial charge in [0, 0.05) is 36.5 Å². The largest absolute Gasteiger partial charge is 0.396 e. The van der Waals surface area contributed by atoms with Gasteiger partial charge in [-0.3, -0.25) is 9.79 Å². The van der Waals surface area contributed by atoms with Crippen molar-refractivity contribution < 1.29 is 9.90 Å². The van der Waals surface area contributed by atoms with E-state index >= 15 is 0 Å². The van der Waals surface area contributed by atoms with Gasteiger partial charge in [0.25, 0.3) is 0 Å². The van der Waals surface area contributed by atoms with E-state index in [0.29, 0.717) is 19.5 Å². The van der Waals surface area contributed by atoms with Crippen molar-refractivity contribution in [3.63, 3.8) is 0 Å². The van der Waals surface area contributed by atoms with Gasteiger partial charge in [0.05, 0.1) is 13.2 Å². The zero-order valence-corrected chi connectivity index (χ0v) is 16.1. The molecule has 1 atom stereocenters. The summed E-state index contributed by atoms with van der Waals surface area (Å²) in [5.41, 5.74) is 1.88. The van der Waals surface area contributed by atoms with E-state index in [9.17, 15) is 9.90 Å². The predicted octanol–water partition coefficient (Wildman–Crippen LogP) is 2.47. The van der Waals surface area contributed by atoms with Crippen LogP contribution in [0.25, 0.3) is 0 Å². The van der Waals surface area contributed by atoms with E-state index in [1.807, 2.05) is 25.1 Å². The number of aliphatic imine (C=N–C) groups is 1. The molecule has 1 aliphatic rings. The standard InChI is InChI=1S/C20H32N4O2/c1-4-20(5-2,14-25)13-23-19(21-6-3)22-12-15-11-18(26)24-17-10-8-7-9-16(15)17/h7-10,15,25H,4-6,11-14H2,1-3H3,(H,24,26)(H2,21,22,23). The number of nitrogens with one attached hydrogen (secondary N) is 3. The Labute approximate surface area is 156 Å². The lowest BCUT2D eigenvalue weighted by Crippen LogP contribution is -2.41. The summed E-state index contributed by atoms with van der Waals surface area (Å²) in [7, 11) is 0. The third-order valence-corrected chi connectivity index (χ3v) is 5.37. The minimum atomic E-state index is -0.167. The molecule has 144 valence electrons. The minimum Gasteiger partial charge on any atom is -0.396 e. The van der Waals surface area contributed by atoms with Gasteiger partial charge in [0.2, 0.25) is 5.91 Å². The average Bonchev–Trinajstić information content (AvgIpc) is 2.67. The molecule has 6 heteroatoms. The van der Waals surface area contributed by atoms with Crippen LogP contribution >= 0.6 is 0 Å². The van der Waals surface area contributed by atoms with Gasteiger partial charge in [-0.05, 0) is 31.4 Å². The SMILES string of the molecule is CCNC(=NCC(CC)(CC)CO)NCC1CC(=O)Nc2ccccc21. The number of rotatable bonds is 8. The first-order chi connectivity index (χ1) is 12.6. The van der Waals surface area contributed by atoms with Crippen LogP contribution in [0.4, 0.5) is 5.69 Å². The molecule has 6 nitrogen and oxygen atoms in total. The molecule has 0 saturated carbocycles. The molecule has 0 saturated heterocycles. The third kappa shape index (κ3) is 4.97. The number of carbonyl (C=O) groups excluding carboxylic acids is 1. The van der Waals surface area contributed by atoms with Crippen LogP contribution in [0.3, 0.4) is 0 Å². The Morgan fingerprint density at radius 1 is 1.27 bits per heavy atom. The van der Waals surface area contributed by atoms with Gasteiger partial charge in [0.15, 0.2) is 5.96 Å². The Kier molecular flexibility index (Phi) is 7.45. The Hall–Kier alpha value is -2.08. The molecule has 1 amide bonds. The Morgan fingerprint density at radius 2 is 2.00 bits per heavy atom. The highest BCUT2D eigenvalue weighted by atomic mass is 16.3. The highest BCUT2D eigenvalue weighted by Gasteiger charge is 2.26. The van der Waals surface area contributed by atoms with Crippen molar-refractivity contribution in [3.8, 4) is 0 Å². The van der Waals surface area contributed by atoms with Gasteiger partial charge >= 0.3 is 0 Å². The number of aliphatic hydroxyl groups is 1. The molecule has 0 bridgehead atoms. The molecular weight excluding hydrogens is 328 g/mol. The number of benzene rings is 1. The second kappa shape index (κ2) is 9.57. The van der Waals surface area contributed by atoms with Gasteiger partial charge in [-0.2, -0.15) is 0 Å². The number of anilines is 1. The maximum Gasteiger partial charge on any atom is 0.225 e. The minimum absolute atomic E-state index is 0.0497. The second-order valence-electron chi connectivity index (χ2n) is 6.98. The molecular formula is C20H32N4O2. The zero-order chi connectivity index (χ0) is 19.0. The summed E-state index contributed by atoms with van der Waals surface area (Å²) in [6, 6.07) is 7.94. The molecule has 1 aromatic carbocycles. The summed E-state index contributed by atoms with van der Waals surface area (Å²) in [4.78, 5) is 16.7. The fourth-order valence-corrected chi connectivity index (χ4v) is 3.24. The number of para-hydroxylation sites is 1. The van der Waals surface area contributed by atoms with Crippen LogP contribution < -0.4 is 16.0 Å². The van der Waals surface area contributed by atoms with E-state index in [1.54, 1.807) is 0 Å². The van der Waals surface area contributed by atoms with Crippen LogP contribution in [0, 0.1) is 5.41 Å². The second-order valence-corrected chi connectivity index (χ2v) is 6.98. The lowest BCUT2D eigenvalue weighted by Gasteiger charge is -2.28. The average molecular weight is 361 g/mol. The van der Waals surface area contributed by atoms with E-state index in [4.69, 9.17) is 4.99 Å². The van der Waals surface area contributed by atoms with Crippen LogP contribution in [0.5, 0.6) is 0 Å². The van der Waals surface area contributed by atoms with Crippen LogP contribution in [0.2, 0.25) is 0 Å². The maximum absolute atomic E-state index is 12.0. The van der Waals surface area contributed by atoms with Crippen molar-refractivity contribution in [2.24, 2.45) is 10.4 Å². The molecule has 4 N–H and O–H groups in total. The predicted molar refractivity (Wildman–Crippen MR) is 107 cm³/mol. The Bertz CT molecular complexity index is 618. The zero-order valence-electron chi connectivity index (χ0n) is 16.1. The van der Waals surface area contributed by atoms with Crippen molar-refractivity contribution in [3.05, 3.63) is 29.8 Å². The van der Waals surface area contributed by atoms with Crippen molar-refractivity contribution in [2.75, 3.05) is 31.6 Å². The molecule has 0 fully saturated rings. The van der Waals surface area contributed by atoms with Gasteiger partial charge in [-0.15, -0.1) is 0 Å². The van der Waals surface area contributed by atoms with Gasteiger partial charge in [0.1, 0.15) is 0 Å². The van der Waals surface area contributed by atoms with E-state index < -0.39 is 0 Å². The summed E-state index contributed by atoms with van der Waals surface area (Å²) in [5.74, 6) is 0.896. The van der Waals surface area contributed by atoms with Crippen molar-refractivity contribution in [1.82, 2.24) is 10.6 Å². The molecule has 0 spiro atoms. The van der Waals surface area contributed by atoms with Crippen LogP contribution in [-0.2, 0) is 4.79 Å². The van der Waals surface area contributed by atoms with Gasteiger partial charge < -0.3 is 21.1 Å². The maximum atomic E-state index is 12.0. The summed E-state index contributed by atoms with van der Waals surface area (Å²) < 4.78 is 0. The molecule has 1 aromatic rings. The summed E-state index contributed by atoms with van der Waals surface area (Å²) in [6.45, 7) is 8.32. The fraction of sp³-hybridized carbons (Fsp3) is 0.600. The molecule has 0 aromatic heterocycles. The van der Waals surface area contributed by atoms with E-state index in [1.165, 1.54) is 0 Å². The van der Waals surface area contributed by atoms with Crippen molar-refractivity contribution in [2.45, 2.75) is 46.0 Å². The highest BCUT2D eigenvalue weighted by molar-refractivity contribution is 5.94. The van der Waals surface area contributed by atoms with E-state index in [-0.39, 0.29) is 23.8 Å². The fourth-order valence-electron chi connectivity index (χ4n) is 3.24. The molecule has 26 heavy (non-hydrogen) atoms. The smallest absolute Gasteiger partial charge is 0.225 e. The first kappa shape index (κ1) is 20.2. The number of nitrogens with zero attached hydrogens (tertiary/aromatic N) is 1. The molecule has 2 rings (SSSR count). The lowest BCUT2D eigenvalue weighted by molar-refractivity contribution is -0.116. The third-order valence-electron chi connectivity index (χ3n) is 5.37. The number of fused-ring (bicyclic) bond motifs is 1. The van der Waals surface area contributed by atoms with Crippen molar-refractivity contribution in [1.29, 1.82) is 0 Å². The topological polar surface area (TPSA) is 85.8 Å². The first-order valence-electron chi connectivity index (χ1n) is 9.59. The molecule has 0 aliphatic carbocycles. The van der Waals surface area contributed by atoms with Gasteiger partial charge in [-0.1, -0.05) is 32.0 Å². The normalized spacial score (nSPS) is 17.5. The van der Waals surface area contributed by atoms with Gasteiger partial charge in [-0.25, -0.2) is 0 Å². The summed E-state index contributed by atoms with van der Waals surface area (Å²) >= 11 is 0. The lowest BCUT2D eigenvalue weighted by atomic mass is 9.83. The first-order valence-corrected chi connectivity index (χ1v) is 9.59. The molecule has 1 unspecified atom stereocenters. The molecule has 1 aliphatic heterocycles. The monoisotopic (exact) mass is 360 g/mol. The van der Waals surface area contributed by atoms with Crippen molar-refractivity contribution >= 4 is 17.6 Å². The van der Waals surface area contributed by atoms with Crippen LogP contribution in [-0.4, -0.2) is 43.2 Å². The number of hydrogen-bond donors (Lipinski definition) is 4. The van der Waals surface area contributed by atoms with Crippen LogP contribution in [0.15, 0.2) is 29.3 Å². The number of aliphatic hydroxyl groups excluding tert-OH is 1. The number of guanidine groups is 1. The number of hydrogen-bond acceptors (Lipinski definition) is 3. The Balaban J connectivity index is 2.07. The molecule has 0 radical (unpaired) electrons. The number of amides is 1. The van der Waals surface area contributed by atoms with E-state index in [0.717, 1.165) is 36.6 Å². The highest BCUT2D eigenvalue weighted by Crippen LogP contribution is 2.31. The molecule has 1 heterocycles.